The van der Waals surface area contributed by atoms with Crippen LogP contribution in [0.25, 0.3) is 0 Å². The number of hydrogen-bond donors (Lipinski definition) is 3. The van der Waals surface area contributed by atoms with E-state index in [1.165, 1.54) is 12.7 Å². The molecule has 0 saturated carbocycles. The Labute approximate surface area is 77.2 Å². The first kappa shape index (κ1) is 10.7. The molecule has 6 nitrogen and oxygen atoms in total. The maximum Gasteiger partial charge on any atom is 2.00 e. The molecule has 0 aliphatic carbocycles. The molecule has 1 heterocycles. The first-order valence-electron chi connectivity index (χ1n) is 2.61. The van der Waals surface area contributed by atoms with E-state index in [1.54, 1.807) is 0 Å². The van der Waals surface area contributed by atoms with Crippen molar-refractivity contribution in [3.63, 3.8) is 0 Å². The molecule has 3 N–H and O–H groups in total. The third kappa shape index (κ3) is 2.08. The number of aromatic nitrogens is 2. The smallest absolute Gasteiger partial charge is 0.476 e. The van der Waals surface area contributed by atoms with Crippen molar-refractivity contribution in [3.8, 4) is 0 Å². The first-order valence-corrected chi connectivity index (χ1v) is 2.61. The second-order valence-electron chi connectivity index (χ2n) is 1.66. The molecule has 1 rings (SSSR count). The molecule has 64 valence electrons. The summed E-state index contributed by atoms with van der Waals surface area (Å²) < 4.78 is 0. The predicted molar refractivity (Wildman–Crippen MR) is 35.5 cm³/mol. The molecule has 0 atom stereocenters. The average molecular weight is 209 g/mol. The van der Waals surface area contributed by atoms with Gasteiger partial charge >= 0.3 is 22.8 Å². The van der Waals surface area contributed by atoms with Crippen LogP contribution in [0.2, 0.25) is 0 Å². The quantitative estimate of drug-likeness (QED) is 0.325. The first-order chi connectivity index (χ1) is 5.27. The van der Waals surface area contributed by atoms with Gasteiger partial charge in [-0.3, -0.25) is 0 Å². The Hall–Kier alpha value is -1.33. The number of hydrogen-bond acceptors (Lipinski definition) is 3. The maximum absolute atomic E-state index is 10.5. The molecule has 0 fully saturated rings. The Morgan fingerprint density at radius 1 is 1.25 bits per heavy atom. The van der Waals surface area contributed by atoms with Crippen LogP contribution in [0.3, 0.4) is 0 Å². The molecule has 0 radical (unpaired) electrons. The summed E-state index contributed by atoms with van der Waals surface area (Å²) in [5.41, 5.74) is -0.709. The maximum atomic E-state index is 10.5. The van der Waals surface area contributed by atoms with E-state index in [9.17, 15) is 14.4 Å². The van der Waals surface area contributed by atoms with Crippen LogP contribution in [0.15, 0.2) is 4.79 Å². The summed E-state index contributed by atoms with van der Waals surface area (Å²) in [6.07, 6.45) is 2.73. The van der Waals surface area contributed by atoms with Crippen molar-refractivity contribution in [3.05, 3.63) is 16.2 Å². The number of anilines is 1. The van der Waals surface area contributed by atoms with Crippen LogP contribution < -0.4 is 11.0 Å². The molecule has 0 spiro atoms. The van der Waals surface area contributed by atoms with E-state index in [1.807, 2.05) is 5.32 Å². The number of imidazole rings is 1. The van der Waals surface area contributed by atoms with Crippen LogP contribution in [0, 0.1) is 0 Å². The van der Waals surface area contributed by atoms with Crippen molar-refractivity contribution in [1.29, 1.82) is 0 Å². The monoisotopic (exact) mass is 209 g/mol. The molecule has 12 heavy (non-hydrogen) atoms. The van der Waals surface area contributed by atoms with E-state index in [-0.39, 0.29) is 28.6 Å². The summed E-state index contributed by atoms with van der Waals surface area (Å²) in [6, 6.07) is 0. The topological polar surface area (TPSA) is 94.8 Å². The van der Waals surface area contributed by atoms with Gasteiger partial charge in [-0.15, -0.1) is 0 Å². The Morgan fingerprint density at radius 2 is 1.92 bits per heavy atom. The fourth-order valence-corrected chi connectivity index (χ4v) is 0.605. The van der Waals surface area contributed by atoms with Crippen molar-refractivity contribution in [2.45, 2.75) is 0 Å². The summed E-state index contributed by atoms with van der Waals surface area (Å²) in [5, 5.41) is 1.99. The van der Waals surface area contributed by atoms with Gasteiger partial charge < -0.3 is 24.9 Å². The largest absolute Gasteiger partial charge is 2.00 e. The van der Waals surface area contributed by atoms with Crippen molar-refractivity contribution >= 4 is 18.5 Å². The number of carbonyl (C=O) groups excluding carboxylic acids is 2. The van der Waals surface area contributed by atoms with Crippen LogP contribution in [0.1, 0.15) is 5.69 Å². The zero-order chi connectivity index (χ0) is 8.27. The zero-order valence-electron chi connectivity index (χ0n) is 5.58. The van der Waals surface area contributed by atoms with E-state index in [4.69, 9.17) is 0 Å². The van der Waals surface area contributed by atoms with Gasteiger partial charge in [0, 0.05) is 6.29 Å². The molecule has 1 aromatic heterocycles. The van der Waals surface area contributed by atoms with Gasteiger partial charge in [0.2, 0.25) is 0 Å². The summed E-state index contributed by atoms with van der Waals surface area (Å²) >= 11 is 0. The van der Waals surface area contributed by atoms with Crippen LogP contribution in [-0.2, 0) is 26.7 Å². The fourth-order valence-electron chi connectivity index (χ4n) is 0.605. The molecule has 0 aliphatic rings. The predicted octanol–water partition coefficient (Wildman–Crippen LogP) is -1.36. The van der Waals surface area contributed by atoms with Crippen LogP contribution in [0.5, 0.6) is 0 Å². The number of aromatic amines is 2. The second kappa shape index (κ2) is 4.53. The summed E-state index contributed by atoms with van der Waals surface area (Å²) in [4.78, 5) is 34.5. The molecule has 7 heteroatoms. The Morgan fingerprint density at radius 3 is 2.42 bits per heavy atom. The molecule has 0 aliphatic heterocycles. The van der Waals surface area contributed by atoms with Gasteiger partial charge in [0.05, 0.1) is 6.41 Å². The number of nitrogens with one attached hydrogen (secondary N) is 3. The van der Waals surface area contributed by atoms with E-state index in [0.717, 1.165) is 0 Å². The number of H-pyrrole nitrogens is 2. The average Bonchev–Trinajstić information content (AvgIpc) is 2.32. The van der Waals surface area contributed by atoms with E-state index in [0.29, 0.717) is 0 Å². The molecular formula is C5H3FeN3O3. The second-order valence-corrected chi connectivity index (χ2v) is 1.66. The zero-order valence-corrected chi connectivity index (χ0v) is 6.68. The minimum absolute atomic E-state index is 0. The van der Waals surface area contributed by atoms with Gasteiger partial charge in [-0.05, 0) is 5.82 Å². The van der Waals surface area contributed by atoms with Crippen LogP contribution in [-0.4, -0.2) is 22.7 Å². The minimum atomic E-state index is -0.582. The van der Waals surface area contributed by atoms with Gasteiger partial charge in [0.15, 0.2) is 0 Å². The van der Waals surface area contributed by atoms with Crippen molar-refractivity contribution in [2.75, 3.05) is 5.32 Å². The third-order valence-corrected chi connectivity index (χ3v) is 1.01. The molecule has 0 aromatic carbocycles. The van der Waals surface area contributed by atoms with Gasteiger partial charge in [-0.2, -0.15) is 0 Å². The van der Waals surface area contributed by atoms with Crippen molar-refractivity contribution in [2.24, 2.45) is 0 Å². The number of amides is 1. The summed E-state index contributed by atoms with van der Waals surface area (Å²) in [7, 11) is 0. The summed E-state index contributed by atoms with van der Waals surface area (Å²) in [5.74, 6) is -0.0278. The SMILES string of the molecule is O=[C-]Nc1[nH]c(=O)[nH]c1[C-]=O.[Fe+2]. The van der Waals surface area contributed by atoms with Gasteiger partial charge in [0.1, 0.15) is 0 Å². The van der Waals surface area contributed by atoms with Crippen molar-refractivity contribution < 1.29 is 26.7 Å². The molecule has 0 saturated heterocycles. The minimum Gasteiger partial charge on any atom is -0.476 e. The fraction of sp³-hybridized carbons (Fsp3) is 0. The number of rotatable bonds is 3. The van der Waals surface area contributed by atoms with Crippen molar-refractivity contribution in [1.82, 2.24) is 9.97 Å². The molecule has 1 amide bonds. The molecular weight excluding hydrogens is 206 g/mol. The Balaban J connectivity index is 0.00000121. The van der Waals surface area contributed by atoms with E-state index >= 15 is 0 Å². The Kier molecular flexibility index (Phi) is 4.03. The standard InChI is InChI=1S/C5H3N3O3.Fe/c9-1-3-4(6-2-10)8-5(11)7-3;/h(H,6,10)(H2,7,8,11);/q-2;+2. The van der Waals surface area contributed by atoms with E-state index in [2.05, 4.69) is 9.97 Å². The molecule has 1 aromatic rings. The van der Waals surface area contributed by atoms with Gasteiger partial charge in [-0.25, -0.2) is 4.79 Å². The van der Waals surface area contributed by atoms with Crippen LogP contribution in [0.4, 0.5) is 5.82 Å². The Bertz CT molecular complexity index is 329. The summed E-state index contributed by atoms with van der Waals surface area (Å²) in [6.45, 7) is 0. The molecule has 0 unspecified atom stereocenters. The normalized spacial score (nSPS) is 8.33. The van der Waals surface area contributed by atoms with Gasteiger partial charge in [0.25, 0.3) is 0 Å². The van der Waals surface area contributed by atoms with Gasteiger partial charge in [-0.1, -0.05) is 5.69 Å². The third-order valence-electron chi connectivity index (χ3n) is 1.01. The van der Waals surface area contributed by atoms with Crippen LogP contribution >= 0.6 is 0 Å². The van der Waals surface area contributed by atoms with E-state index < -0.39 is 5.69 Å². The molecule has 0 bridgehead atoms.